The number of Topliss-reactive ketones (excluding diaryl/α,β-unsaturated/α-hetero) is 1. The van der Waals surface area contributed by atoms with Crippen LogP contribution in [0.4, 0.5) is 0 Å². The first-order valence-electron chi connectivity index (χ1n) is 7.19. The van der Waals surface area contributed by atoms with Gasteiger partial charge in [-0.15, -0.1) is 0 Å². The summed E-state index contributed by atoms with van der Waals surface area (Å²) in [6.45, 7) is 8.83. The largest absolute Gasteiger partial charge is 0.466 e. The van der Waals surface area contributed by atoms with Crippen molar-refractivity contribution >= 4 is 11.8 Å². The van der Waals surface area contributed by atoms with Gasteiger partial charge in [-0.2, -0.15) is 0 Å². The van der Waals surface area contributed by atoms with Crippen molar-refractivity contribution in [3.63, 3.8) is 0 Å². The van der Waals surface area contributed by atoms with Crippen LogP contribution in [0.3, 0.4) is 0 Å². The molecule has 0 aliphatic rings. The normalized spacial score (nSPS) is 12.0. The third-order valence-electron chi connectivity index (χ3n) is 3.57. The van der Waals surface area contributed by atoms with Crippen LogP contribution in [0.15, 0.2) is 28.7 Å². The summed E-state index contributed by atoms with van der Waals surface area (Å²) in [6, 6.07) is 7.27. The molecule has 0 saturated carbocycles. The highest BCUT2D eigenvalue weighted by Crippen LogP contribution is 2.18. The fraction of sp³-hybridized carbons (Fsp3) is 0.333. The van der Waals surface area contributed by atoms with E-state index in [0.717, 1.165) is 11.1 Å². The zero-order valence-corrected chi connectivity index (χ0v) is 13.5. The summed E-state index contributed by atoms with van der Waals surface area (Å²) < 4.78 is 10.6. The smallest absolute Gasteiger partial charge is 0.342 e. The van der Waals surface area contributed by atoms with E-state index >= 15 is 0 Å². The molecule has 0 fully saturated rings. The van der Waals surface area contributed by atoms with E-state index in [2.05, 4.69) is 0 Å². The molecule has 1 heterocycles. The average Bonchev–Trinajstić information content (AvgIpc) is 2.79. The van der Waals surface area contributed by atoms with Gasteiger partial charge in [-0.25, -0.2) is 4.79 Å². The molecule has 2 rings (SSSR count). The summed E-state index contributed by atoms with van der Waals surface area (Å²) in [6.07, 6.45) is -0.845. The Morgan fingerprint density at radius 2 is 1.73 bits per heavy atom. The minimum atomic E-state index is -0.845. The van der Waals surface area contributed by atoms with E-state index in [1.165, 1.54) is 0 Å². The Kier molecular flexibility index (Phi) is 4.50. The van der Waals surface area contributed by atoms with Gasteiger partial charge in [0.2, 0.25) is 5.78 Å². The van der Waals surface area contributed by atoms with Crippen LogP contribution in [0.2, 0.25) is 0 Å². The van der Waals surface area contributed by atoms with Gasteiger partial charge in [0.05, 0.1) is 0 Å². The molecule has 0 unspecified atom stereocenters. The minimum Gasteiger partial charge on any atom is -0.466 e. The van der Waals surface area contributed by atoms with Crippen LogP contribution in [-0.2, 0) is 4.74 Å². The molecule has 0 aliphatic carbocycles. The standard InChI is InChI=1S/C18H20O4/c1-10-6-7-11(2)15(8-10)17(19)14(5)22-18(20)16-9-12(3)21-13(16)4/h6-9,14H,1-5H3/t14-/m0/s1. The average molecular weight is 300 g/mol. The topological polar surface area (TPSA) is 56.5 Å². The van der Waals surface area contributed by atoms with Gasteiger partial charge in [0, 0.05) is 5.56 Å². The summed E-state index contributed by atoms with van der Waals surface area (Å²) in [7, 11) is 0. The Balaban J connectivity index is 2.16. The van der Waals surface area contributed by atoms with E-state index in [4.69, 9.17) is 9.15 Å². The van der Waals surface area contributed by atoms with E-state index in [0.29, 0.717) is 22.6 Å². The van der Waals surface area contributed by atoms with Crippen LogP contribution in [0.5, 0.6) is 0 Å². The number of carbonyl (C=O) groups excluding carboxylic acids is 2. The number of aryl methyl sites for hydroxylation is 4. The summed E-state index contributed by atoms with van der Waals surface area (Å²) in [4.78, 5) is 24.6. The number of ether oxygens (including phenoxy) is 1. The lowest BCUT2D eigenvalue weighted by Gasteiger charge is -2.14. The highest BCUT2D eigenvalue weighted by Gasteiger charge is 2.23. The molecule has 0 amide bonds. The molecule has 0 spiro atoms. The molecule has 2 aromatic rings. The van der Waals surface area contributed by atoms with E-state index in [-0.39, 0.29) is 5.78 Å². The summed E-state index contributed by atoms with van der Waals surface area (Å²) in [5, 5.41) is 0. The second kappa shape index (κ2) is 6.18. The first-order chi connectivity index (χ1) is 10.3. The predicted octanol–water partition coefficient (Wildman–Crippen LogP) is 3.94. The van der Waals surface area contributed by atoms with Crippen molar-refractivity contribution in [2.45, 2.75) is 40.7 Å². The molecule has 1 aromatic carbocycles. The number of esters is 1. The first kappa shape index (κ1) is 16.0. The van der Waals surface area contributed by atoms with Gasteiger partial charge >= 0.3 is 5.97 Å². The van der Waals surface area contributed by atoms with Gasteiger partial charge in [-0.3, -0.25) is 4.79 Å². The first-order valence-corrected chi connectivity index (χ1v) is 7.19. The molecule has 4 heteroatoms. The van der Waals surface area contributed by atoms with Gasteiger partial charge < -0.3 is 9.15 Å². The lowest BCUT2D eigenvalue weighted by Crippen LogP contribution is -2.25. The highest BCUT2D eigenvalue weighted by molar-refractivity contribution is 6.02. The molecule has 22 heavy (non-hydrogen) atoms. The lowest BCUT2D eigenvalue weighted by molar-refractivity contribution is 0.0317. The van der Waals surface area contributed by atoms with Crippen molar-refractivity contribution in [3.05, 3.63) is 58.0 Å². The van der Waals surface area contributed by atoms with Gasteiger partial charge in [-0.1, -0.05) is 17.7 Å². The van der Waals surface area contributed by atoms with Crippen molar-refractivity contribution < 1.29 is 18.7 Å². The maximum absolute atomic E-state index is 12.5. The second-order valence-electron chi connectivity index (χ2n) is 5.56. The Bertz CT molecular complexity index is 725. The zero-order chi connectivity index (χ0) is 16.4. The number of ketones is 1. The van der Waals surface area contributed by atoms with Crippen LogP contribution >= 0.6 is 0 Å². The van der Waals surface area contributed by atoms with Crippen LogP contribution in [0, 0.1) is 27.7 Å². The molecule has 116 valence electrons. The summed E-state index contributed by atoms with van der Waals surface area (Å²) in [5.74, 6) is 0.389. The molecular weight excluding hydrogens is 280 g/mol. The van der Waals surface area contributed by atoms with Crippen LogP contribution in [0.1, 0.15) is 50.3 Å². The number of carbonyl (C=O) groups is 2. The minimum absolute atomic E-state index is 0.201. The fourth-order valence-electron chi connectivity index (χ4n) is 2.33. The molecule has 0 saturated heterocycles. The predicted molar refractivity (Wildman–Crippen MR) is 83.3 cm³/mol. The van der Waals surface area contributed by atoms with Crippen molar-refractivity contribution in [2.75, 3.05) is 0 Å². The van der Waals surface area contributed by atoms with Crippen LogP contribution in [-0.4, -0.2) is 17.9 Å². The van der Waals surface area contributed by atoms with E-state index in [9.17, 15) is 9.59 Å². The maximum atomic E-state index is 12.5. The fourth-order valence-corrected chi connectivity index (χ4v) is 2.33. The highest BCUT2D eigenvalue weighted by atomic mass is 16.5. The van der Waals surface area contributed by atoms with Crippen molar-refractivity contribution in [1.82, 2.24) is 0 Å². The third kappa shape index (κ3) is 3.27. The van der Waals surface area contributed by atoms with Gasteiger partial charge in [-0.05, 0) is 52.3 Å². The molecule has 1 aromatic heterocycles. The van der Waals surface area contributed by atoms with Gasteiger partial charge in [0.1, 0.15) is 17.1 Å². The van der Waals surface area contributed by atoms with Crippen molar-refractivity contribution in [3.8, 4) is 0 Å². The van der Waals surface area contributed by atoms with Crippen LogP contribution < -0.4 is 0 Å². The molecular formula is C18H20O4. The number of benzene rings is 1. The maximum Gasteiger partial charge on any atom is 0.342 e. The van der Waals surface area contributed by atoms with E-state index < -0.39 is 12.1 Å². The SMILES string of the molecule is Cc1ccc(C)c(C(=O)[C@H](C)OC(=O)c2cc(C)oc2C)c1. The third-order valence-corrected chi connectivity index (χ3v) is 3.57. The van der Waals surface area contributed by atoms with Crippen molar-refractivity contribution in [1.29, 1.82) is 0 Å². The van der Waals surface area contributed by atoms with Gasteiger partial charge in [0.25, 0.3) is 0 Å². The molecule has 4 nitrogen and oxygen atoms in total. The summed E-state index contributed by atoms with van der Waals surface area (Å²) >= 11 is 0. The molecule has 0 bridgehead atoms. The molecule has 0 aliphatic heterocycles. The Hall–Kier alpha value is -2.36. The number of hydrogen-bond acceptors (Lipinski definition) is 4. The molecule has 1 atom stereocenters. The Labute approximate surface area is 130 Å². The van der Waals surface area contributed by atoms with Crippen LogP contribution in [0.25, 0.3) is 0 Å². The molecule has 0 N–H and O–H groups in total. The monoisotopic (exact) mass is 300 g/mol. The number of furan rings is 1. The van der Waals surface area contributed by atoms with Gasteiger partial charge in [0.15, 0.2) is 6.10 Å². The Morgan fingerprint density at radius 1 is 1.05 bits per heavy atom. The van der Waals surface area contributed by atoms with E-state index in [1.807, 2.05) is 32.0 Å². The Morgan fingerprint density at radius 3 is 2.32 bits per heavy atom. The second-order valence-corrected chi connectivity index (χ2v) is 5.56. The number of hydrogen-bond donors (Lipinski definition) is 0. The summed E-state index contributed by atoms with van der Waals surface area (Å²) in [5.41, 5.74) is 2.81. The van der Waals surface area contributed by atoms with E-state index in [1.54, 1.807) is 26.8 Å². The molecule has 0 radical (unpaired) electrons. The quantitative estimate of drug-likeness (QED) is 0.634. The zero-order valence-electron chi connectivity index (χ0n) is 13.5. The lowest BCUT2D eigenvalue weighted by atomic mass is 9.99. The van der Waals surface area contributed by atoms with Crippen molar-refractivity contribution in [2.24, 2.45) is 0 Å². The number of rotatable bonds is 4.